The molecule has 2 aromatic heterocycles. The summed E-state index contributed by atoms with van der Waals surface area (Å²) < 4.78 is 54.5. The molecule has 2 aliphatic carbocycles. The predicted molar refractivity (Wildman–Crippen MR) is 134 cm³/mol. The summed E-state index contributed by atoms with van der Waals surface area (Å²) in [6, 6.07) is 0. The van der Waals surface area contributed by atoms with Crippen molar-refractivity contribution in [3.63, 3.8) is 0 Å². The van der Waals surface area contributed by atoms with Crippen LogP contribution in [0.5, 0.6) is 0 Å². The normalized spacial score (nSPS) is 24.7. The number of imidazole rings is 1. The number of aromatic nitrogens is 4. The Bertz CT molecular complexity index is 1260. The first-order chi connectivity index (χ1) is 18.2. The lowest BCUT2D eigenvalue weighted by atomic mass is 9.98. The summed E-state index contributed by atoms with van der Waals surface area (Å²) in [5.41, 5.74) is 6.62. The first-order valence-electron chi connectivity index (χ1n) is 12.9. The van der Waals surface area contributed by atoms with Crippen LogP contribution >= 0.6 is 15.6 Å². The zero-order chi connectivity index (χ0) is 26.8. The molecule has 0 spiro atoms. The Morgan fingerprint density at radius 1 is 0.947 bits per heavy atom. The molecular formula is C22H33N5O9P2. The van der Waals surface area contributed by atoms with Gasteiger partial charge in [0.15, 0.2) is 29.2 Å². The van der Waals surface area contributed by atoms with E-state index in [0.29, 0.717) is 36.8 Å². The minimum atomic E-state index is -4.53. The van der Waals surface area contributed by atoms with Gasteiger partial charge in [-0.15, -0.1) is 0 Å². The van der Waals surface area contributed by atoms with Gasteiger partial charge in [0.25, 0.3) is 0 Å². The molecular weight excluding hydrogens is 540 g/mol. The smallest absolute Gasteiger partial charge is 0.468 e. The minimum absolute atomic E-state index is 0.0220. The van der Waals surface area contributed by atoms with Crippen molar-refractivity contribution in [3.05, 3.63) is 24.2 Å². The van der Waals surface area contributed by atoms with Gasteiger partial charge in [0, 0.05) is 0 Å². The van der Waals surface area contributed by atoms with E-state index in [0.717, 1.165) is 38.5 Å². The summed E-state index contributed by atoms with van der Waals surface area (Å²) in [6.07, 6.45) is 9.56. The highest BCUT2D eigenvalue weighted by Crippen LogP contribution is 2.53. The van der Waals surface area contributed by atoms with Crippen LogP contribution in [-0.2, 0) is 32.0 Å². The molecule has 0 radical (unpaired) electrons. The number of phosphoric ester groups is 2. The predicted octanol–water partition coefficient (Wildman–Crippen LogP) is 4.47. The highest BCUT2D eigenvalue weighted by atomic mass is 31.2. The van der Waals surface area contributed by atoms with Crippen molar-refractivity contribution in [2.45, 2.75) is 89.1 Å². The number of hydrogen-bond acceptors (Lipinski definition) is 11. The van der Waals surface area contributed by atoms with Gasteiger partial charge in [0.05, 0.1) is 18.6 Å². The van der Waals surface area contributed by atoms with Crippen LogP contribution in [0.15, 0.2) is 24.2 Å². The SMILES string of the molecule is Nc1ncnc2c1ncn2[C@H]1CC(OP(=O)(O)OC2CCCCC2)=C(COP(=O)(O)OC2CCCCC2)O1. The molecule has 2 saturated carbocycles. The van der Waals surface area contributed by atoms with E-state index < -0.39 is 34.6 Å². The van der Waals surface area contributed by atoms with Crippen LogP contribution in [0.3, 0.4) is 0 Å². The molecule has 3 atom stereocenters. The van der Waals surface area contributed by atoms with Crippen LogP contribution in [0.25, 0.3) is 11.2 Å². The lowest BCUT2D eigenvalue weighted by molar-refractivity contribution is 0.0493. The average molecular weight is 573 g/mol. The minimum Gasteiger partial charge on any atom is -0.468 e. The van der Waals surface area contributed by atoms with Gasteiger partial charge in [-0.25, -0.2) is 24.1 Å². The largest absolute Gasteiger partial charge is 0.527 e. The topological polar surface area (TPSA) is 190 Å². The Kier molecular flexibility index (Phi) is 8.39. The number of anilines is 1. The molecule has 1 aliphatic heterocycles. The van der Waals surface area contributed by atoms with Crippen molar-refractivity contribution in [2.24, 2.45) is 0 Å². The molecule has 0 saturated heterocycles. The fourth-order valence-corrected chi connectivity index (χ4v) is 7.05. The fraction of sp³-hybridized carbons (Fsp3) is 0.682. The average Bonchev–Trinajstić information content (AvgIpc) is 3.48. The molecule has 38 heavy (non-hydrogen) atoms. The van der Waals surface area contributed by atoms with E-state index in [1.165, 1.54) is 12.7 Å². The molecule has 14 nitrogen and oxygen atoms in total. The van der Waals surface area contributed by atoms with Gasteiger partial charge in [-0.3, -0.25) is 23.0 Å². The Labute approximate surface area is 219 Å². The second-order valence-corrected chi connectivity index (χ2v) is 12.5. The zero-order valence-corrected chi connectivity index (χ0v) is 22.7. The molecule has 4 N–H and O–H groups in total. The third-order valence-corrected chi connectivity index (χ3v) is 8.94. The van der Waals surface area contributed by atoms with Gasteiger partial charge >= 0.3 is 15.6 Å². The molecule has 3 heterocycles. The number of hydrogen-bond donors (Lipinski definition) is 3. The van der Waals surface area contributed by atoms with Crippen molar-refractivity contribution < 1.29 is 41.7 Å². The third-order valence-electron chi connectivity index (χ3n) is 6.90. The van der Waals surface area contributed by atoms with E-state index in [9.17, 15) is 18.9 Å². The van der Waals surface area contributed by atoms with Gasteiger partial charge < -0.3 is 19.9 Å². The van der Waals surface area contributed by atoms with E-state index >= 15 is 0 Å². The van der Waals surface area contributed by atoms with Gasteiger partial charge in [-0.1, -0.05) is 38.5 Å². The maximum absolute atomic E-state index is 12.9. The fourth-order valence-electron chi connectivity index (χ4n) is 5.03. The van der Waals surface area contributed by atoms with E-state index in [4.69, 9.17) is 28.6 Å². The van der Waals surface area contributed by atoms with Crippen LogP contribution in [-0.4, -0.2) is 48.1 Å². The zero-order valence-electron chi connectivity index (χ0n) is 20.9. The summed E-state index contributed by atoms with van der Waals surface area (Å²) in [7, 11) is -8.96. The second kappa shape index (κ2) is 11.6. The number of phosphoric acid groups is 2. The van der Waals surface area contributed by atoms with Crippen molar-refractivity contribution >= 4 is 32.6 Å². The first-order valence-corrected chi connectivity index (χ1v) is 15.9. The number of nitrogens with zero attached hydrogens (tertiary/aromatic N) is 4. The van der Waals surface area contributed by atoms with Crippen LogP contribution < -0.4 is 5.73 Å². The number of ether oxygens (including phenoxy) is 1. The second-order valence-electron chi connectivity index (χ2n) is 9.74. The summed E-state index contributed by atoms with van der Waals surface area (Å²) in [5, 5.41) is 0. The molecule has 210 valence electrons. The molecule has 3 aliphatic rings. The van der Waals surface area contributed by atoms with Crippen LogP contribution in [0, 0.1) is 0 Å². The van der Waals surface area contributed by atoms with Crippen molar-refractivity contribution in [1.29, 1.82) is 0 Å². The molecule has 5 rings (SSSR count). The first kappa shape index (κ1) is 27.5. The summed E-state index contributed by atoms with van der Waals surface area (Å²) in [4.78, 5) is 33.2. The Balaban J connectivity index is 1.33. The van der Waals surface area contributed by atoms with Gasteiger partial charge in [-0.05, 0) is 25.7 Å². The molecule has 2 unspecified atom stereocenters. The Morgan fingerprint density at radius 3 is 2.24 bits per heavy atom. The number of rotatable bonds is 10. The number of fused-ring (bicyclic) bond motifs is 1. The molecule has 16 heteroatoms. The third kappa shape index (κ3) is 6.74. The van der Waals surface area contributed by atoms with E-state index in [1.54, 1.807) is 4.57 Å². The lowest BCUT2D eigenvalue weighted by Crippen LogP contribution is -2.16. The number of nitrogens with two attached hydrogens (primary N) is 1. The number of nitrogen functional groups attached to an aromatic ring is 1. The quantitative estimate of drug-likeness (QED) is 0.338. The molecule has 0 bridgehead atoms. The summed E-state index contributed by atoms with van der Waals surface area (Å²) >= 11 is 0. The van der Waals surface area contributed by atoms with Crippen molar-refractivity contribution in [3.8, 4) is 0 Å². The molecule has 0 amide bonds. The van der Waals surface area contributed by atoms with Crippen molar-refractivity contribution in [2.75, 3.05) is 12.3 Å². The van der Waals surface area contributed by atoms with Crippen molar-refractivity contribution in [1.82, 2.24) is 19.5 Å². The van der Waals surface area contributed by atoms with Gasteiger partial charge in [0.2, 0.25) is 0 Å². The molecule has 2 fully saturated rings. The van der Waals surface area contributed by atoms with Gasteiger partial charge in [0.1, 0.15) is 24.8 Å². The Hall–Kier alpha value is -2.05. The van der Waals surface area contributed by atoms with E-state index in [1.807, 2.05) is 0 Å². The highest BCUT2D eigenvalue weighted by molar-refractivity contribution is 7.47. The van der Waals surface area contributed by atoms with Crippen LogP contribution in [0.2, 0.25) is 0 Å². The maximum Gasteiger partial charge on any atom is 0.527 e. The van der Waals surface area contributed by atoms with E-state index in [2.05, 4.69) is 15.0 Å². The molecule has 0 aromatic carbocycles. The summed E-state index contributed by atoms with van der Waals surface area (Å²) in [5.74, 6) is 0.0988. The monoisotopic (exact) mass is 573 g/mol. The Morgan fingerprint density at radius 2 is 1.58 bits per heavy atom. The standard InChI is InChI=1S/C22H33N5O9P2/c23-21-20-22(25-13-24-21)27(14-26-20)19-11-17(36-38(30,31)35-16-9-5-2-6-10-16)18(33-19)12-32-37(28,29)34-15-7-3-1-4-8-15/h13-16,19H,1-12H2,(H,28,29)(H,30,31)(H2,23,24,25)/t19-/m1/s1. The van der Waals surface area contributed by atoms with E-state index in [-0.39, 0.29) is 29.9 Å². The van der Waals surface area contributed by atoms with Crippen LogP contribution in [0.4, 0.5) is 5.82 Å². The lowest BCUT2D eigenvalue weighted by Gasteiger charge is -2.24. The van der Waals surface area contributed by atoms with Gasteiger partial charge in [-0.2, -0.15) is 0 Å². The molecule has 2 aromatic rings. The summed E-state index contributed by atoms with van der Waals surface area (Å²) in [6.45, 7) is -0.528. The highest BCUT2D eigenvalue weighted by Gasteiger charge is 2.38. The maximum atomic E-state index is 12.9. The van der Waals surface area contributed by atoms with Crippen LogP contribution in [0.1, 0.15) is 76.9 Å².